The van der Waals surface area contributed by atoms with Gasteiger partial charge in [-0.1, -0.05) is 70.7 Å². The minimum absolute atomic E-state index is 0.383. The molecular formula is C18H28O. The Morgan fingerprint density at radius 3 is 2.21 bits per heavy atom. The standard InChI is InChI=1S/C18H28O/c1-4-5-6-7-8-9-18(19)14-16-10-12-17(13-11-16)15(2)3/h10-13,15H,4-9,14H2,1-3H3. The van der Waals surface area contributed by atoms with Crippen LogP contribution >= 0.6 is 0 Å². The molecule has 0 aliphatic heterocycles. The molecule has 0 amide bonds. The molecular weight excluding hydrogens is 232 g/mol. The fraction of sp³-hybridized carbons (Fsp3) is 0.611. The number of Topliss-reactive ketones (excluding diaryl/α,β-unsaturated/α-hetero) is 1. The zero-order chi connectivity index (χ0) is 14.1. The van der Waals surface area contributed by atoms with Crippen molar-refractivity contribution in [2.24, 2.45) is 0 Å². The summed E-state index contributed by atoms with van der Waals surface area (Å²) in [6, 6.07) is 8.50. The van der Waals surface area contributed by atoms with Gasteiger partial charge >= 0.3 is 0 Å². The quantitative estimate of drug-likeness (QED) is 0.552. The van der Waals surface area contributed by atoms with Crippen molar-refractivity contribution in [3.63, 3.8) is 0 Å². The monoisotopic (exact) mass is 260 g/mol. The zero-order valence-electron chi connectivity index (χ0n) is 12.7. The Labute approximate surface area is 118 Å². The van der Waals surface area contributed by atoms with Crippen LogP contribution in [0, 0.1) is 0 Å². The smallest absolute Gasteiger partial charge is 0.137 e. The molecule has 0 unspecified atom stereocenters. The molecule has 0 radical (unpaired) electrons. The summed E-state index contributed by atoms with van der Waals surface area (Å²) in [5, 5.41) is 0. The van der Waals surface area contributed by atoms with Gasteiger partial charge in [0.25, 0.3) is 0 Å². The summed E-state index contributed by atoms with van der Waals surface area (Å²) in [5.41, 5.74) is 2.50. The molecule has 0 atom stereocenters. The van der Waals surface area contributed by atoms with E-state index in [-0.39, 0.29) is 0 Å². The number of carbonyl (C=O) groups excluding carboxylic acids is 1. The average molecular weight is 260 g/mol. The van der Waals surface area contributed by atoms with E-state index < -0.39 is 0 Å². The first-order valence-corrected chi connectivity index (χ1v) is 7.74. The topological polar surface area (TPSA) is 17.1 Å². The number of unbranched alkanes of at least 4 members (excludes halogenated alkanes) is 4. The van der Waals surface area contributed by atoms with Gasteiger partial charge in [0.2, 0.25) is 0 Å². The normalized spacial score (nSPS) is 10.9. The van der Waals surface area contributed by atoms with Crippen LogP contribution < -0.4 is 0 Å². The third-order valence-electron chi connectivity index (χ3n) is 3.61. The highest BCUT2D eigenvalue weighted by molar-refractivity contribution is 5.80. The van der Waals surface area contributed by atoms with Gasteiger partial charge in [-0.05, 0) is 23.5 Å². The van der Waals surface area contributed by atoms with Crippen LogP contribution in [0.5, 0.6) is 0 Å². The summed E-state index contributed by atoms with van der Waals surface area (Å²) in [6.07, 6.45) is 7.43. The summed E-state index contributed by atoms with van der Waals surface area (Å²) < 4.78 is 0. The second-order valence-electron chi connectivity index (χ2n) is 5.78. The molecule has 0 saturated carbocycles. The van der Waals surface area contributed by atoms with Gasteiger partial charge in [0, 0.05) is 12.8 Å². The van der Waals surface area contributed by atoms with Gasteiger partial charge in [0.1, 0.15) is 5.78 Å². The molecule has 0 fully saturated rings. The van der Waals surface area contributed by atoms with Crippen LogP contribution in [-0.2, 0) is 11.2 Å². The molecule has 0 heterocycles. The van der Waals surface area contributed by atoms with Crippen molar-refractivity contribution in [1.29, 1.82) is 0 Å². The molecule has 0 aromatic heterocycles. The van der Waals surface area contributed by atoms with Gasteiger partial charge in [-0.2, -0.15) is 0 Å². The zero-order valence-corrected chi connectivity index (χ0v) is 12.7. The lowest BCUT2D eigenvalue weighted by Gasteiger charge is -2.06. The Bertz CT molecular complexity index is 362. The summed E-state index contributed by atoms with van der Waals surface area (Å²) >= 11 is 0. The van der Waals surface area contributed by atoms with E-state index in [4.69, 9.17) is 0 Å². The third kappa shape index (κ3) is 6.56. The predicted molar refractivity (Wildman–Crippen MR) is 82.6 cm³/mol. The number of hydrogen-bond acceptors (Lipinski definition) is 1. The molecule has 0 aliphatic rings. The lowest BCUT2D eigenvalue weighted by Crippen LogP contribution is -2.02. The average Bonchev–Trinajstić information content (AvgIpc) is 2.39. The van der Waals surface area contributed by atoms with E-state index in [1.165, 1.54) is 31.2 Å². The Balaban J connectivity index is 2.28. The van der Waals surface area contributed by atoms with Crippen molar-refractivity contribution in [3.05, 3.63) is 35.4 Å². The van der Waals surface area contributed by atoms with E-state index in [0.29, 0.717) is 18.1 Å². The number of carbonyl (C=O) groups is 1. The fourth-order valence-corrected chi connectivity index (χ4v) is 2.26. The molecule has 0 aliphatic carbocycles. The molecule has 106 valence electrons. The van der Waals surface area contributed by atoms with Gasteiger partial charge in [-0.3, -0.25) is 4.79 Å². The van der Waals surface area contributed by atoms with Crippen molar-refractivity contribution >= 4 is 5.78 Å². The first-order chi connectivity index (χ1) is 9.13. The predicted octanol–water partition coefficient (Wildman–Crippen LogP) is 5.28. The van der Waals surface area contributed by atoms with Crippen molar-refractivity contribution in [1.82, 2.24) is 0 Å². The van der Waals surface area contributed by atoms with E-state index in [0.717, 1.165) is 18.4 Å². The summed E-state index contributed by atoms with van der Waals surface area (Å²) in [6.45, 7) is 6.60. The summed E-state index contributed by atoms with van der Waals surface area (Å²) in [4.78, 5) is 11.9. The van der Waals surface area contributed by atoms with Crippen LogP contribution in [0.1, 0.15) is 76.3 Å². The van der Waals surface area contributed by atoms with Crippen molar-refractivity contribution in [2.45, 2.75) is 71.6 Å². The lowest BCUT2D eigenvalue weighted by atomic mass is 9.99. The highest BCUT2D eigenvalue weighted by atomic mass is 16.1. The van der Waals surface area contributed by atoms with Gasteiger partial charge in [0.05, 0.1) is 0 Å². The Kier molecular flexibility index (Phi) is 7.47. The molecule has 19 heavy (non-hydrogen) atoms. The van der Waals surface area contributed by atoms with Crippen molar-refractivity contribution < 1.29 is 4.79 Å². The largest absolute Gasteiger partial charge is 0.299 e. The van der Waals surface area contributed by atoms with Gasteiger partial charge < -0.3 is 0 Å². The van der Waals surface area contributed by atoms with Gasteiger partial charge in [-0.15, -0.1) is 0 Å². The maximum absolute atomic E-state index is 11.9. The lowest BCUT2D eigenvalue weighted by molar-refractivity contribution is -0.118. The van der Waals surface area contributed by atoms with E-state index in [9.17, 15) is 4.79 Å². The van der Waals surface area contributed by atoms with E-state index in [2.05, 4.69) is 45.0 Å². The number of ketones is 1. The fourth-order valence-electron chi connectivity index (χ4n) is 2.26. The second-order valence-corrected chi connectivity index (χ2v) is 5.78. The van der Waals surface area contributed by atoms with Gasteiger partial charge in [-0.25, -0.2) is 0 Å². The highest BCUT2D eigenvalue weighted by Crippen LogP contribution is 2.15. The second kappa shape index (κ2) is 8.90. The van der Waals surface area contributed by atoms with Crippen molar-refractivity contribution in [3.8, 4) is 0 Å². The molecule has 1 aromatic rings. The number of rotatable bonds is 9. The van der Waals surface area contributed by atoms with Crippen LogP contribution in [0.3, 0.4) is 0 Å². The van der Waals surface area contributed by atoms with Crippen molar-refractivity contribution in [2.75, 3.05) is 0 Å². The van der Waals surface area contributed by atoms with Crippen LogP contribution in [0.2, 0.25) is 0 Å². The molecule has 1 nitrogen and oxygen atoms in total. The molecule has 1 aromatic carbocycles. The molecule has 0 spiro atoms. The van der Waals surface area contributed by atoms with E-state index in [1.54, 1.807) is 0 Å². The SMILES string of the molecule is CCCCCCCC(=O)Cc1ccc(C(C)C)cc1. The summed E-state index contributed by atoms with van der Waals surface area (Å²) in [5.74, 6) is 0.942. The first kappa shape index (κ1) is 15.9. The van der Waals surface area contributed by atoms with Crippen LogP contribution in [0.15, 0.2) is 24.3 Å². The minimum Gasteiger partial charge on any atom is -0.299 e. The van der Waals surface area contributed by atoms with Crippen LogP contribution in [0.25, 0.3) is 0 Å². The maximum atomic E-state index is 11.9. The Morgan fingerprint density at radius 2 is 1.63 bits per heavy atom. The van der Waals surface area contributed by atoms with Crippen LogP contribution in [0.4, 0.5) is 0 Å². The Hall–Kier alpha value is -1.11. The van der Waals surface area contributed by atoms with Gasteiger partial charge in [0.15, 0.2) is 0 Å². The van der Waals surface area contributed by atoms with E-state index in [1.807, 2.05) is 0 Å². The van der Waals surface area contributed by atoms with Crippen LogP contribution in [-0.4, -0.2) is 5.78 Å². The molecule has 1 heteroatoms. The molecule has 1 rings (SSSR count). The first-order valence-electron chi connectivity index (χ1n) is 7.74. The Morgan fingerprint density at radius 1 is 1.00 bits per heavy atom. The highest BCUT2D eigenvalue weighted by Gasteiger charge is 2.04. The maximum Gasteiger partial charge on any atom is 0.137 e. The van der Waals surface area contributed by atoms with E-state index >= 15 is 0 Å². The summed E-state index contributed by atoms with van der Waals surface area (Å²) in [7, 11) is 0. The minimum atomic E-state index is 0.383. The molecule has 0 bridgehead atoms. The molecule has 0 saturated heterocycles. The molecule has 0 N–H and O–H groups in total. The number of hydrogen-bond donors (Lipinski definition) is 0. The number of benzene rings is 1. The third-order valence-corrected chi connectivity index (χ3v) is 3.61.